The van der Waals surface area contributed by atoms with Gasteiger partial charge in [-0.3, -0.25) is 0 Å². The molecule has 208 valence electrons. The maximum atomic E-state index is 14.1. The first-order valence-corrected chi connectivity index (χ1v) is 14.0. The molecule has 8 nitrogen and oxygen atoms in total. The van der Waals surface area contributed by atoms with Gasteiger partial charge >= 0.3 is 6.36 Å². The maximum Gasteiger partial charge on any atom is 0.573 e. The molecular formula is C27H28F3N3O5S. The summed E-state index contributed by atoms with van der Waals surface area (Å²) in [4.78, 5) is 2.13. The SMILES string of the molecule is CCCN=S(=O)(N[C@H]1COC[C@@H](N2c3ccccc3Oc3ccccc32)[C@@H]1O)c1ccc(OC(F)(F)F)cc1. The molecule has 3 aromatic rings. The van der Waals surface area contributed by atoms with Gasteiger partial charge in [-0.1, -0.05) is 31.2 Å². The molecule has 0 aromatic heterocycles. The molecule has 2 heterocycles. The topological polar surface area (TPSA) is 92.6 Å². The average molecular weight is 564 g/mol. The van der Waals surface area contributed by atoms with Gasteiger partial charge in [0.1, 0.15) is 15.7 Å². The van der Waals surface area contributed by atoms with E-state index in [-0.39, 0.29) is 24.7 Å². The molecule has 1 fully saturated rings. The summed E-state index contributed by atoms with van der Waals surface area (Å²) in [5.74, 6) is 0.817. The van der Waals surface area contributed by atoms with Crippen LogP contribution in [-0.2, 0) is 14.7 Å². The van der Waals surface area contributed by atoms with Crippen molar-refractivity contribution < 1.29 is 36.7 Å². The van der Waals surface area contributed by atoms with E-state index in [1.54, 1.807) is 0 Å². The zero-order chi connectivity index (χ0) is 27.6. The number of benzene rings is 3. The Bertz CT molecular complexity index is 1380. The number of aliphatic hydroxyl groups excluding tert-OH is 1. The molecule has 1 unspecified atom stereocenters. The molecule has 0 saturated carbocycles. The second kappa shape index (κ2) is 11.0. The van der Waals surface area contributed by atoms with Gasteiger partial charge in [0, 0.05) is 6.54 Å². The van der Waals surface area contributed by atoms with Crippen molar-refractivity contribution in [2.75, 3.05) is 24.7 Å². The van der Waals surface area contributed by atoms with E-state index in [2.05, 4.69) is 13.8 Å². The van der Waals surface area contributed by atoms with Crippen LogP contribution in [0.4, 0.5) is 24.5 Å². The summed E-state index contributed by atoms with van der Waals surface area (Å²) in [6, 6.07) is 18.3. The van der Waals surface area contributed by atoms with E-state index in [4.69, 9.17) is 9.47 Å². The number of aliphatic hydroxyl groups is 1. The van der Waals surface area contributed by atoms with Gasteiger partial charge in [-0.2, -0.15) is 0 Å². The first-order chi connectivity index (χ1) is 18.7. The number of para-hydroxylation sites is 4. The molecule has 0 radical (unpaired) electrons. The quantitative estimate of drug-likeness (QED) is 0.400. The fraction of sp³-hybridized carbons (Fsp3) is 0.333. The molecule has 1 saturated heterocycles. The smallest absolute Gasteiger partial charge is 0.453 e. The lowest BCUT2D eigenvalue weighted by molar-refractivity contribution is -0.274. The highest BCUT2D eigenvalue weighted by Crippen LogP contribution is 2.48. The molecule has 2 N–H and O–H groups in total. The van der Waals surface area contributed by atoms with Crippen molar-refractivity contribution in [3.63, 3.8) is 0 Å². The summed E-state index contributed by atoms with van der Waals surface area (Å²) in [5, 5.41) is 11.6. The number of anilines is 2. The highest BCUT2D eigenvalue weighted by molar-refractivity contribution is 7.91. The molecule has 4 atom stereocenters. The molecule has 39 heavy (non-hydrogen) atoms. The van der Waals surface area contributed by atoms with Crippen LogP contribution in [0.25, 0.3) is 0 Å². The van der Waals surface area contributed by atoms with Crippen LogP contribution in [0, 0.1) is 0 Å². The highest BCUT2D eigenvalue weighted by Gasteiger charge is 2.41. The van der Waals surface area contributed by atoms with Crippen molar-refractivity contribution >= 4 is 21.3 Å². The van der Waals surface area contributed by atoms with Gasteiger partial charge in [-0.15, -0.1) is 13.2 Å². The second-order valence-corrected chi connectivity index (χ2v) is 11.1. The largest absolute Gasteiger partial charge is 0.573 e. The Morgan fingerprint density at radius 2 is 1.64 bits per heavy atom. The van der Waals surface area contributed by atoms with Crippen LogP contribution in [0.3, 0.4) is 0 Å². The molecule has 0 spiro atoms. The lowest BCUT2D eigenvalue weighted by atomic mass is 9.98. The molecule has 0 amide bonds. The number of fused-ring (bicyclic) bond motifs is 2. The van der Waals surface area contributed by atoms with Crippen molar-refractivity contribution in [3.05, 3.63) is 72.8 Å². The molecule has 2 aliphatic heterocycles. The standard InChI is InChI=1S/C27H28F3N3O5S/c1-2-15-31-39(35,19-13-11-18(12-14-19)38-27(28,29)30)32-20-16-36-17-23(26(20)34)33-21-7-3-5-9-24(21)37-25-10-6-4-8-22(25)33/h3-14,20,23,26,34H,2,15-17H2,1H3,(H,31,32,35)/t20-,23+,26+,39?/m0/s1. The number of nitrogens with one attached hydrogen (secondary N) is 1. The highest BCUT2D eigenvalue weighted by atomic mass is 32.2. The molecule has 0 aliphatic carbocycles. The Labute approximate surface area is 224 Å². The van der Waals surface area contributed by atoms with Gasteiger partial charge < -0.3 is 24.2 Å². The Morgan fingerprint density at radius 3 is 2.23 bits per heavy atom. The number of nitrogens with zero attached hydrogens (tertiary/aromatic N) is 2. The summed E-state index contributed by atoms with van der Waals surface area (Å²) >= 11 is 0. The number of hydrogen-bond acceptors (Lipinski definition) is 7. The minimum atomic E-state index is -4.84. The summed E-state index contributed by atoms with van der Waals surface area (Å²) in [5.41, 5.74) is 1.50. The zero-order valence-corrected chi connectivity index (χ0v) is 21.8. The van der Waals surface area contributed by atoms with E-state index in [0.29, 0.717) is 17.9 Å². The van der Waals surface area contributed by atoms with Crippen LogP contribution in [0.5, 0.6) is 17.2 Å². The average Bonchev–Trinajstić information content (AvgIpc) is 2.91. The van der Waals surface area contributed by atoms with Crippen LogP contribution in [-0.4, -0.2) is 53.6 Å². The minimum absolute atomic E-state index is 0.0548. The van der Waals surface area contributed by atoms with Crippen molar-refractivity contribution in [1.29, 1.82) is 0 Å². The Morgan fingerprint density at radius 1 is 1.03 bits per heavy atom. The molecule has 0 bridgehead atoms. The van der Waals surface area contributed by atoms with Crippen LogP contribution in [0.2, 0.25) is 0 Å². The molecular weight excluding hydrogens is 535 g/mol. The van der Waals surface area contributed by atoms with E-state index in [1.807, 2.05) is 60.4 Å². The van der Waals surface area contributed by atoms with Crippen molar-refractivity contribution in [2.45, 2.75) is 42.8 Å². The van der Waals surface area contributed by atoms with Gasteiger partial charge in [0.05, 0.1) is 47.7 Å². The van der Waals surface area contributed by atoms with Gasteiger partial charge in [-0.05, 0) is 55.0 Å². The number of ether oxygens (including phenoxy) is 3. The fourth-order valence-corrected chi connectivity index (χ4v) is 6.56. The first-order valence-electron chi connectivity index (χ1n) is 12.5. The normalized spacial score (nSPS) is 22.2. The van der Waals surface area contributed by atoms with Gasteiger partial charge in [-0.25, -0.2) is 13.3 Å². The molecule has 12 heteroatoms. The Balaban J connectivity index is 1.45. The lowest BCUT2D eigenvalue weighted by Crippen LogP contribution is -2.60. The van der Waals surface area contributed by atoms with Crippen molar-refractivity contribution in [3.8, 4) is 17.2 Å². The lowest BCUT2D eigenvalue weighted by Gasteiger charge is -2.44. The summed E-state index contributed by atoms with van der Waals surface area (Å²) in [6.45, 7) is 2.35. The monoisotopic (exact) mass is 563 g/mol. The Hall–Kier alpha value is -3.32. The number of rotatable bonds is 7. The van der Waals surface area contributed by atoms with Crippen molar-refractivity contribution in [2.24, 2.45) is 4.36 Å². The van der Waals surface area contributed by atoms with Gasteiger partial charge in [0.25, 0.3) is 0 Å². The van der Waals surface area contributed by atoms with E-state index >= 15 is 0 Å². The first kappa shape index (κ1) is 27.3. The summed E-state index contributed by atoms with van der Waals surface area (Å²) < 4.78 is 75.1. The van der Waals surface area contributed by atoms with E-state index in [1.165, 1.54) is 12.1 Å². The summed E-state index contributed by atoms with van der Waals surface area (Å²) in [7, 11) is -3.34. The van der Waals surface area contributed by atoms with Crippen LogP contribution >= 0.6 is 0 Å². The third kappa shape index (κ3) is 5.83. The van der Waals surface area contributed by atoms with E-state index in [0.717, 1.165) is 23.5 Å². The number of alkyl halides is 3. The van der Waals surface area contributed by atoms with Crippen LogP contribution in [0.15, 0.2) is 82.1 Å². The predicted octanol–water partition coefficient (Wildman–Crippen LogP) is 5.40. The Kier molecular flexibility index (Phi) is 7.72. The molecule has 2 aliphatic rings. The zero-order valence-electron chi connectivity index (χ0n) is 21.0. The second-order valence-electron chi connectivity index (χ2n) is 9.13. The third-order valence-corrected chi connectivity index (χ3v) is 8.46. The van der Waals surface area contributed by atoms with E-state index < -0.39 is 40.2 Å². The van der Waals surface area contributed by atoms with Crippen LogP contribution < -0.4 is 19.1 Å². The summed E-state index contributed by atoms with van der Waals surface area (Å²) in [6.07, 6.45) is -5.30. The van der Waals surface area contributed by atoms with Gasteiger partial charge in [0.15, 0.2) is 11.5 Å². The third-order valence-electron chi connectivity index (χ3n) is 6.38. The maximum absolute atomic E-state index is 14.1. The predicted molar refractivity (Wildman–Crippen MR) is 140 cm³/mol. The van der Waals surface area contributed by atoms with Crippen molar-refractivity contribution in [1.82, 2.24) is 4.72 Å². The number of hydrogen-bond donors (Lipinski definition) is 2. The van der Waals surface area contributed by atoms with E-state index in [9.17, 15) is 22.5 Å². The minimum Gasteiger partial charge on any atom is -0.453 e. The number of halogens is 3. The van der Waals surface area contributed by atoms with Gasteiger partial charge in [0.2, 0.25) is 0 Å². The van der Waals surface area contributed by atoms with Crippen LogP contribution in [0.1, 0.15) is 13.3 Å². The molecule has 3 aromatic carbocycles. The molecule has 5 rings (SSSR count). The fourth-order valence-electron chi connectivity index (χ4n) is 4.63.